The Bertz CT molecular complexity index is 1020. The van der Waals surface area contributed by atoms with Gasteiger partial charge in [0, 0.05) is 11.4 Å². The van der Waals surface area contributed by atoms with Gasteiger partial charge in [-0.1, -0.05) is 35.0 Å². The van der Waals surface area contributed by atoms with Crippen molar-refractivity contribution in [1.29, 1.82) is 0 Å². The maximum Gasteiger partial charge on any atom is 0.414 e. The third-order valence-electron chi connectivity index (χ3n) is 4.00. The van der Waals surface area contributed by atoms with E-state index in [4.69, 9.17) is 16.3 Å². The number of halogens is 1. The smallest absolute Gasteiger partial charge is 0.414 e. The minimum atomic E-state index is -0.422. The van der Waals surface area contributed by atoms with Crippen molar-refractivity contribution in [3.63, 3.8) is 0 Å². The van der Waals surface area contributed by atoms with Crippen LogP contribution in [0.1, 0.15) is 10.5 Å². The van der Waals surface area contributed by atoms with E-state index in [9.17, 15) is 9.59 Å². The molecule has 8 nitrogen and oxygen atoms in total. The van der Waals surface area contributed by atoms with Crippen molar-refractivity contribution in [3.8, 4) is 5.69 Å². The Morgan fingerprint density at radius 1 is 1.19 bits per heavy atom. The molecule has 0 radical (unpaired) electrons. The van der Waals surface area contributed by atoms with Crippen molar-refractivity contribution in [2.75, 3.05) is 23.4 Å². The lowest BCUT2D eigenvalue weighted by Crippen LogP contribution is -2.23. The van der Waals surface area contributed by atoms with Gasteiger partial charge in [0.2, 0.25) is 0 Å². The number of anilines is 2. The summed E-state index contributed by atoms with van der Waals surface area (Å²) in [5.41, 5.74) is 1.95. The van der Waals surface area contributed by atoms with E-state index in [-0.39, 0.29) is 5.69 Å². The number of carbonyl (C=O) groups is 2. The molecule has 2 aromatic carbocycles. The van der Waals surface area contributed by atoms with E-state index in [1.165, 1.54) is 15.8 Å². The van der Waals surface area contributed by atoms with Crippen molar-refractivity contribution in [1.82, 2.24) is 15.0 Å². The second-order valence-electron chi connectivity index (χ2n) is 5.77. The Morgan fingerprint density at radius 3 is 2.81 bits per heavy atom. The maximum atomic E-state index is 12.5. The summed E-state index contributed by atoms with van der Waals surface area (Å²) in [7, 11) is 0. The Hall–Kier alpha value is -3.39. The van der Waals surface area contributed by atoms with Crippen LogP contribution in [0.15, 0.2) is 54.7 Å². The summed E-state index contributed by atoms with van der Waals surface area (Å²) < 4.78 is 6.37. The van der Waals surface area contributed by atoms with Crippen LogP contribution in [0.2, 0.25) is 5.02 Å². The molecule has 1 aliphatic rings. The standard InChI is InChI=1S/C18H14ClN5O3/c19-14-6-1-2-7-16(14)24-11-15(21-22-24)17(25)20-12-4-3-5-13(10-12)23-8-9-27-18(23)26/h1-7,10-11H,8-9H2,(H,20,25). The van der Waals surface area contributed by atoms with Gasteiger partial charge >= 0.3 is 6.09 Å². The number of ether oxygens (including phenoxy) is 1. The highest BCUT2D eigenvalue weighted by molar-refractivity contribution is 6.32. The lowest BCUT2D eigenvalue weighted by Gasteiger charge is -2.13. The Labute approximate surface area is 159 Å². The largest absolute Gasteiger partial charge is 0.447 e. The molecule has 136 valence electrons. The van der Waals surface area contributed by atoms with Crippen molar-refractivity contribution < 1.29 is 14.3 Å². The van der Waals surface area contributed by atoms with Crippen LogP contribution in [0.5, 0.6) is 0 Å². The molecule has 2 heterocycles. The zero-order valence-corrected chi connectivity index (χ0v) is 14.8. The van der Waals surface area contributed by atoms with Crippen molar-refractivity contribution in [2.24, 2.45) is 0 Å². The van der Waals surface area contributed by atoms with Gasteiger partial charge in [-0.05, 0) is 30.3 Å². The molecule has 27 heavy (non-hydrogen) atoms. The highest BCUT2D eigenvalue weighted by Crippen LogP contribution is 2.23. The van der Waals surface area contributed by atoms with E-state index in [1.807, 2.05) is 6.07 Å². The molecule has 0 bridgehead atoms. The van der Waals surface area contributed by atoms with Crippen LogP contribution in [0, 0.1) is 0 Å². The molecule has 2 amide bonds. The normalized spacial score (nSPS) is 13.5. The summed E-state index contributed by atoms with van der Waals surface area (Å²) in [6, 6.07) is 14.1. The van der Waals surface area contributed by atoms with Crippen LogP contribution in [0.3, 0.4) is 0 Å². The van der Waals surface area contributed by atoms with Gasteiger partial charge < -0.3 is 10.1 Å². The predicted octanol–water partition coefficient (Wildman–Crippen LogP) is 3.13. The molecular weight excluding hydrogens is 370 g/mol. The number of hydrogen-bond donors (Lipinski definition) is 1. The van der Waals surface area contributed by atoms with Crippen LogP contribution in [0.4, 0.5) is 16.2 Å². The molecule has 1 N–H and O–H groups in total. The minimum Gasteiger partial charge on any atom is -0.447 e. The fourth-order valence-electron chi connectivity index (χ4n) is 2.70. The molecule has 4 rings (SSSR count). The average Bonchev–Trinajstić information content (AvgIpc) is 3.31. The SMILES string of the molecule is O=C(Nc1cccc(N2CCOC2=O)c1)c1cn(-c2ccccc2Cl)nn1. The molecule has 0 atom stereocenters. The van der Waals surface area contributed by atoms with Gasteiger partial charge in [-0.15, -0.1) is 5.10 Å². The highest BCUT2D eigenvalue weighted by atomic mass is 35.5. The van der Waals surface area contributed by atoms with Gasteiger partial charge in [0.05, 0.1) is 23.5 Å². The van der Waals surface area contributed by atoms with E-state index in [0.29, 0.717) is 35.2 Å². The summed E-state index contributed by atoms with van der Waals surface area (Å²) in [4.78, 5) is 25.7. The number of carbonyl (C=O) groups excluding carboxylic acids is 2. The lowest BCUT2D eigenvalue weighted by atomic mass is 10.2. The monoisotopic (exact) mass is 383 g/mol. The maximum absolute atomic E-state index is 12.5. The fourth-order valence-corrected chi connectivity index (χ4v) is 2.92. The minimum absolute atomic E-state index is 0.140. The number of amides is 2. The van der Waals surface area contributed by atoms with Crippen LogP contribution in [-0.4, -0.2) is 40.1 Å². The number of hydrogen-bond acceptors (Lipinski definition) is 5. The van der Waals surface area contributed by atoms with Gasteiger partial charge in [-0.2, -0.15) is 0 Å². The fraction of sp³-hybridized carbons (Fsp3) is 0.111. The predicted molar refractivity (Wildman–Crippen MR) is 99.5 cm³/mol. The summed E-state index contributed by atoms with van der Waals surface area (Å²) in [5.74, 6) is -0.422. The summed E-state index contributed by atoms with van der Waals surface area (Å²) in [5, 5.41) is 11.1. The van der Waals surface area contributed by atoms with Crippen LogP contribution >= 0.6 is 11.6 Å². The molecule has 1 fully saturated rings. The van der Waals surface area contributed by atoms with Crippen molar-refractivity contribution >= 4 is 35.0 Å². The van der Waals surface area contributed by atoms with Crippen LogP contribution in [0.25, 0.3) is 5.69 Å². The Balaban J connectivity index is 1.52. The van der Waals surface area contributed by atoms with E-state index in [1.54, 1.807) is 42.5 Å². The van der Waals surface area contributed by atoms with E-state index >= 15 is 0 Å². The molecule has 0 unspecified atom stereocenters. The third-order valence-corrected chi connectivity index (χ3v) is 4.32. The molecule has 0 spiro atoms. The first kappa shape index (κ1) is 17.0. The van der Waals surface area contributed by atoms with Crippen molar-refractivity contribution in [3.05, 3.63) is 65.4 Å². The van der Waals surface area contributed by atoms with Crippen LogP contribution < -0.4 is 10.2 Å². The lowest BCUT2D eigenvalue weighted by molar-refractivity contribution is 0.102. The molecule has 9 heteroatoms. The molecular formula is C18H14ClN5O3. The average molecular weight is 384 g/mol. The van der Waals surface area contributed by atoms with Crippen molar-refractivity contribution in [2.45, 2.75) is 0 Å². The summed E-state index contributed by atoms with van der Waals surface area (Å²) in [6.07, 6.45) is 1.10. The van der Waals surface area contributed by atoms with Gasteiger partial charge in [-0.25, -0.2) is 9.48 Å². The topological polar surface area (TPSA) is 89.4 Å². The van der Waals surface area contributed by atoms with E-state index in [2.05, 4.69) is 15.6 Å². The number of rotatable bonds is 4. The first-order valence-electron chi connectivity index (χ1n) is 8.15. The Morgan fingerprint density at radius 2 is 2.04 bits per heavy atom. The number of nitrogens with zero attached hydrogens (tertiary/aromatic N) is 4. The van der Waals surface area contributed by atoms with Crippen LogP contribution in [-0.2, 0) is 4.74 Å². The molecule has 1 saturated heterocycles. The van der Waals surface area contributed by atoms with E-state index < -0.39 is 12.0 Å². The zero-order valence-electron chi connectivity index (χ0n) is 14.0. The Kier molecular flexibility index (Phi) is 4.47. The number of benzene rings is 2. The second-order valence-corrected chi connectivity index (χ2v) is 6.18. The number of aromatic nitrogens is 3. The second kappa shape index (κ2) is 7.08. The first-order chi connectivity index (χ1) is 13.1. The van der Waals surface area contributed by atoms with Gasteiger partial charge in [0.25, 0.3) is 5.91 Å². The summed E-state index contributed by atoms with van der Waals surface area (Å²) >= 11 is 6.14. The number of nitrogens with one attached hydrogen (secondary N) is 1. The van der Waals surface area contributed by atoms with Gasteiger partial charge in [0.15, 0.2) is 5.69 Å². The molecule has 1 aromatic heterocycles. The highest BCUT2D eigenvalue weighted by Gasteiger charge is 2.23. The molecule has 0 saturated carbocycles. The number of para-hydroxylation sites is 1. The van der Waals surface area contributed by atoms with E-state index in [0.717, 1.165) is 0 Å². The molecule has 3 aromatic rings. The quantitative estimate of drug-likeness (QED) is 0.747. The summed E-state index contributed by atoms with van der Waals surface area (Å²) in [6.45, 7) is 0.822. The molecule has 0 aliphatic carbocycles. The first-order valence-corrected chi connectivity index (χ1v) is 8.52. The van der Waals surface area contributed by atoms with Gasteiger partial charge in [-0.3, -0.25) is 9.69 Å². The molecule has 1 aliphatic heterocycles. The third kappa shape index (κ3) is 3.47. The zero-order chi connectivity index (χ0) is 18.8. The number of cyclic esters (lactones) is 1. The van der Waals surface area contributed by atoms with Gasteiger partial charge in [0.1, 0.15) is 6.61 Å².